The molecule has 2 aromatic heterocycles. The summed E-state index contributed by atoms with van der Waals surface area (Å²) >= 11 is 0. The van der Waals surface area contributed by atoms with Crippen molar-refractivity contribution in [3.8, 4) is 0 Å². The molecule has 1 aliphatic heterocycles. The van der Waals surface area contributed by atoms with Gasteiger partial charge in [-0.15, -0.1) is 24.0 Å². The summed E-state index contributed by atoms with van der Waals surface area (Å²) in [6.45, 7) is 6.78. The number of ether oxygens (including phenoxy) is 1. The molecule has 1 fully saturated rings. The van der Waals surface area contributed by atoms with Gasteiger partial charge in [0.15, 0.2) is 5.96 Å². The van der Waals surface area contributed by atoms with Gasteiger partial charge in [0.1, 0.15) is 5.65 Å². The highest BCUT2D eigenvalue weighted by Gasteiger charge is 2.27. The maximum atomic E-state index is 11.9. The predicted molar refractivity (Wildman–Crippen MR) is 121 cm³/mol. The first kappa shape index (κ1) is 22.4. The predicted octanol–water partition coefficient (Wildman–Crippen LogP) is 2.65. The second-order valence-electron chi connectivity index (χ2n) is 6.89. The molecule has 1 saturated heterocycles. The number of guanidine groups is 1. The molecule has 1 aliphatic rings. The van der Waals surface area contributed by atoms with Gasteiger partial charge in [-0.3, -0.25) is 9.79 Å². The number of pyridine rings is 1. The molecule has 3 heterocycles. The Morgan fingerprint density at radius 3 is 2.79 bits per heavy atom. The van der Waals surface area contributed by atoms with E-state index >= 15 is 0 Å². The van der Waals surface area contributed by atoms with Crippen LogP contribution in [0.3, 0.4) is 0 Å². The molecule has 3 rings (SSSR count). The van der Waals surface area contributed by atoms with Crippen LogP contribution in [0.1, 0.15) is 31.0 Å². The fourth-order valence-electron chi connectivity index (χ4n) is 3.55. The Kier molecular flexibility index (Phi) is 8.53. The van der Waals surface area contributed by atoms with Crippen LogP contribution in [0.2, 0.25) is 0 Å². The Bertz CT molecular complexity index is 812. The van der Waals surface area contributed by atoms with Crippen molar-refractivity contribution in [1.82, 2.24) is 19.6 Å². The van der Waals surface area contributed by atoms with Crippen molar-refractivity contribution in [2.45, 2.75) is 33.1 Å². The molecule has 8 heteroatoms. The molecule has 0 radical (unpaired) electrons. The van der Waals surface area contributed by atoms with Crippen LogP contribution >= 0.6 is 24.0 Å². The Morgan fingerprint density at radius 2 is 2.14 bits per heavy atom. The van der Waals surface area contributed by atoms with E-state index in [1.165, 1.54) is 5.56 Å². The van der Waals surface area contributed by atoms with E-state index in [0.29, 0.717) is 6.61 Å². The third kappa shape index (κ3) is 5.36. The SMILES string of the molecule is CCOC(=O)C1CCN(C(=NC)NCCc2cn3cccc(C)c3n2)CC1.I. The van der Waals surface area contributed by atoms with Crippen molar-refractivity contribution in [3.05, 3.63) is 35.8 Å². The normalized spacial score (nSPS) is 15.4. The third-order valence-corrected chi connectivity index (χ3v) is 5.02. The van der Waals surface area contributed by atoms with Crippen LogP contribution in [-0.4, -0.2) is 59.5 Å². The van der Waals surface area contributed by atoms with Gasteiger partial charge in [0.25, 0.3) is 0 Å². The summed E-state index contributed by atoms with van der Waals surface area (Å²) in [5.74, 6) is 0.833. The molecule has 0 atom stereocenters. The lowest BCUT2D eigenvalue weighted by Gasteiger charge is -2.33. The van der Waals surface area contributed by atoms with Crippen LogP contribution in [-0.2, 0) is 16.0 Å². The molecule has 0 saturated carbocycles. The number of rotatable bonds is 5. The van der Waals surface area contributed by atoms with Gasteiger partial charge in [-0.1, -0.05) is 6.07 Å². The number of likely N-dealkylation sites (tertiary alicyclic amines) is 1. The van der Waals surface area contributed by atoms with Crippen molar-refractivity contribution in [2.24, 2.45) is 10.9 Å². The van der Waals surface area contributed by atoms with E-state index in [-0.39, 0.29) is 35.9 Å². The zero-order chi connectivity index (χ0) is 19.2. The Morgan fingerprint density at radius 1 is 1.39 bits per heavy atom. The highest BCUT2D eigenvalue weighted by atomic mass is 127. The van der Waals surface area contributed by atoms with Crippen molar-refractivity contribution in [3.63, 3.8) is 0 Å². The summed E-state index contributed by atoms with van der Waals surface area (Å²) < 4.78 is 7.21. The lowest BCUT2D eigenvalue weighted by Crippen LogP contribution is -2.47. The Hall–Kier alpha value is -1.84. The number of nitrogens with one attached hydrogen (secondary N) is 1. The first-order valence-electron chi connectivity index (χ1n) is 9.67. The van der Waals surface area contributed by atoms with Crippen LogP contribution < -0.4 is 5.32 Å². The number of imidazole rings is 1. The summed E-state index contributed by atoms with van der Waals surface area (Å²) in [6, 6.07) is 4.11. The lowest BCUT2D eigenvalue weighted by molar-refractivity contribution is -0.149. The molecule has 0 amide bonds. The number of carbonyl (C=O) groups excluding carboxylic acids is 1. The van der Waals surface area contributed by atoms with E-state index in [1.807, 2.05) is 19.2 Å². The van der Waals surface area contributed by atoms with E-state index in [1.54, 1.807) is 7.05 Å². The minimum Gasteiger partial charge on any atom is -0.466 e. The van der Waals surface area contributed by atoms with Gasteiger partial charge in [0.2, 0.25) is 0 Å². The second kappa shape index (κ2) is 10.6. The summed E-state index contributed by atoms with van der Waals surface area (Å²) in [5.41, 5.74) is 3.25. The van der Waals surface area contributed by atoms with Crippen LogP contribution in [0.4, 0.5) is 0 Å². The molecule has 7 nitrogen and oxygen atoms in total. The van der Waals surface area contributed by atoms with E-state index < -0.39 is 0 Å². The highest BCUT2D eigenvalue weighted by Crippen LogP contribution is 2.18. The fraction of sp³-hybridized carbons (Fsp3) is 0.550. The second-order valence-corrected chi connectivity index (χ2v) is 6.89. The van der Waals surface area contributed by atoms with Gasteiger partial charge in [0, 0.05) is 45.5 Å². The minimum atomic E-state index is -0.0674. The summed E-state index contributed by atoms with van der Waals surface area (Å²) in [6.07, 6.45) is 6.56. The summed E-state index contributed by atoms with van der Waals surface area (Å²) in [4.78, 5) is 23.2. The van der Waals surface area contributed by atoms with Gasteiger partial charge >= 0.3 is 5.97 Å². The average molecular weight is 499 g/mol. The maximum absolute atomic E-state index is 11.9. The largest absolute Gasteiger partial charge is 0.466 e. The number of piperidine rings is 1. The number of aliphatic imine (C=N–C) groups is 1. The zero-order valence-electron chi connectivity index (χ0n) is 16.9. The van der Waals surface area contributed by atoms with Gasteiger partial charge in [-0.25, -0.2) is 4.98 Å². The number of nitrogens with zero attached hydrogens (tertiary/aromatic N) is 4. The van der Waals surface area contributed by atoms with E-state index in [4.69, 9.17) is 9.72 Å². The van der Waals surface area contributed by atoms with Crippen LogP contribution in [0.15, 0.2) is 29.5 Å². The van der Waals surface area contributed by atoms with E-state index in [9.17, 15) is 4.79 Å². The van der Waals surface area contributed by atoms with Gasteiger partial charge < -0.3 is 19.4 Å². The van der Waals surface area contributed by atoms with Crippen LogP contribution in [0.25, 0.3) is 5.65 Å². The number of aryl methyl sites for hydroxylation is 1. The maximum Gasteiger partial charge on any atom is 0.309 e. The molecular formula is C20H30IN5O2. The first-order valence-corrected chi connectivity index (χ1v) is 9.67. The van der Waals surface area contributed by atoms with Crippen molar-refractivity contribution in [1.29, 1.82) is 0 Å². The molecule has 0 unspecified atom stereocenters. The third-order valence-electron chi connectivity index (χ3n) is 5.02. The van der Waals surface area contributed by atoms with Gasteiger partial charge in [-0.05, 0) is 38.3 Å². The van der Waals surface area contributed by atoms with Crippen LogP contribution in [0.5, 0.6) is 0 Å². The fourth-order valence-corrected chi connectivity index (χ4v) is 3.55. The topological polar surface area (TPSA) is 71.2 Å². The van der Waals surface area contributed by atoms with E-state index in [0.717, 1.165) is 56.2 Å². The number of esters is 1. The van der Waals surface area contributed by atoms with Gasteiger partial charge in [0.05, 0.1) is 18.2 Å². The molecule has 0 aliphatic carbocycles. The number of hydrogen-bond donors (Lipinski definition) is 1. The minimum absolute atomic E-state index is 0. The number of fused-ring (bicyclic) bond motifs is 1. The first-order chi connectivity index (χ1) is 13.1. The van der Waals surface area contributed by atoms with Crippen molar-refractivity contribution < 1.29 is 9.53 Å². The number of halogens is 1. The number of hydrogen-bond acceptors (Lipinski definition) is 4. The smallest absolute Gasteiger partial charge is 0.309 e. The monoisotopic (exact) mass is 499 g/mol. The van der Waals surface area contributed by atoms with Crippen molar-refractivity contribution >= 4 is 41.6 Å². The quantitative estimate of drug-likeness (QED) is 0.297. The molecule has 2 aromatic rings. The lowest BCUT2D eigenvalue weighted by atomic mass is 9.97. The molecule has 0 aromatic carbocycles. The summed E-state index contributed by atoms with van der Waals surface area (Å²) in [7, 11) is 1.80. The Balaban J connectivity index is 0.00000280. The molecule has 0 spiro atoms. The molecule has 28 heavy (non-hydrogen) atoms. The standard InChI is InChI=1S/C20H29N5O2.HI/c1-4-27-19(26)16-8-12-24(13-9-16)20(21-3)22-10-7-17-14-25-11-5-6-15(2)18(25)23-17;/h5-6,11,14,16H,4,7-10,12-13H2,1-3H3,(H,21,22);1H. The molecule has 0 bridgehead atoms. The molecular weight excluding hydrogens is 469 g/mol. The van der Waals surface area contributed by atoms with Crippen LogP contribution in [0, 0.1) is 12.8 Å². The van der Waals surface area contributed by atoms with Crippen molar-refractivity contribution in [2.75, 3.05) is 33.3 Å². The van der Waals surface area contributed by atoms with E-state index in [2.05, 4.69) is 38.8 Å². The summed E-state index contributed by atoms with van der Waals surface area (Å²) in [5, 5.41) is 3.43. The molecule has 154 valence electrons. The number of carbonyl (C=O) groups is 1. The van der Waals surface area contributed by atoms with Gasteiger partial charge in [-0.2, -0.15) is 0 Å². The molecule has 1 N–H and O–H groups in total. The average Bonchev–Trinajstić information content (AvgIpc) is 3.10. The number of aromatic nitrogens is 2. The highest BCUT2D eigenvalue weighted by molar-refractivity contribution is 14.0. The Labute approximate surface area is 183 Å². The zero-order valence-corrected chi connectivity index (χ0v) is 19.2.